The van der Waals surface area contributed by atoms with E-state index >= 15 is 0 Å². The predicted octanol–water partition coefficient (Wildman–Crippen LogP) is 2.56. The van der Waals surface area contributed by atoms with Crippen LogP contribution < -0.4 is 4.72 Å². The summed E-state index contributed by atoms with van der Waals surface area (Å²) in [6.45, 7) is 0.881. The molecule has 1 N–H and O–H groups in total. The van der Waals surface area contributed by atoms with Crippen LogP contribution in [0.5, 0.6) is 0 Å². The SMILES string of the molecule is O=S(=O)(Nc1ccc(Br)nc1)N1CCc2ccccc2C1. The molecule has 0 radical (unpaired) electrons. The largest absolute Gasteiger partial charge is 0.301 e. The molecule has 0 saturated heterocycles. The molecule has 0 saturated carbocycles. The molecule has 1 aromatic carbocycles. The number of hydrogen-bond donors (Lipinski definition) is 1. The van der Waals surface area contributed by atoms with Crippen LogP contribution in [0.2, 0.25) is 0 Å². The Morgan fingerprint density at radius 1 is 1.14 bits per heavy atom. The smallest absolute Gasteiger partial charge is 0.269 e. The zero-order valence-corrected chi connectivity index (χ0v) is 13.6. The molecule has 110 valence electrons. The van der Waals surface area contributed by atoms with Gasteiger partial charge in [-0.25, -0.2) is 4.98 Å². The van der Waals surface area contributed by atoms with Gasteiger partial charge in [-0.2, -0.15) is 12.7 Å². The topological polar surface area (TPSA) is 62.3 Å². The summed E-state index contributed by atoms with van der Waals surface area (Å²) in [4.78, 5) is 4.02. The summed E-state index contributed by atoms with van der Waals surface area (Å²) in [6.07, 6.45) is 2.22. The first-order valence-corrected chi connectivity index (χ1v) is 8.74. The first kappa shape index (κ1) is 14.5. The second kappa shape index (κ2) is 5.75. The van der Waals surface area contributed by atoms with Crippen LogP contribution in [-0.4, -0.2) is 24.3 Å². The van der Waals surface area contributed by atoms with Crippen LogP contribution in [0, 0.1) is 0 Å². The summed E-state index contributed by atoms with van der Waals surface area (Å²) in [7, 11) is -3.56. The predicted molar refractivity (Wildman–Crippen MR) is 85.0 cm³/mol. The van der Waals surface area contributed by atoms with Crippen LogP contribution in [-0.2, 0) is 23.2 Å². The minimum Gasteiger partial charge on any atom is -0.269 e. The van der Waals surface area contributed by atoms with Gasteiger partial charge in [-0.15, -0.1) is 0 Å². The van der Waals surface area contributed by atoms with Crippen LogP contribution in [0.3, 0.4) is 0 Å². The molecule has 0 aliphatic carbocycles. The Bertz CT molecular complexity index is 747. The van der Waals surface area contributed by atoms with E-state index in [0.29, 0.717) is 23.4 Å². The molecule has 0 spiro atoms. The fourth-order valence-corrected chi connectivity index (χ4v) is 3.75. The molecule has 0 unspecified atom stereocenters. The number of nitrogens with zero attached hydrogens (tertiary/aromatic N) is 2. The van der Waals surface area contributed by atoms with Crippen molar-refractivity contribution < 1.29 is 8.42 Å². The van der Waals surface area contributed by atoms with Crippen molar-refractivity contribution in [2.24, 2.45) is 0 Å². The van der Waals surface area contributed by atoms with Crippen LogP contribution in [0.15, 0.2) is 47.2 Å². The van der Waals surface area contributed by atoms with Gasteiger partial charge in [-0.1, -0.05) is 24.3 Å². The number of hydrogen-bond acceptors (Lipinski definition) is 3. The zero-order valence-electron chi connectivity index (χ0n) is 11.2. The molecule has 1 aliphatic rings. The van der Waals surface area contributed by atoms with Crippen LogP contribution in [0.4, 0.5) is 5.69 Å². The van der Waals surface area contributed by atoms with Gasteiger partial charge in [0.1, 0.15) is 4.60 Å². The van der Waals surface area contributed by atoms with Crippen molar-refractivity contribution in [2.75, 3.05) is 11.3 Å². The van der Waals surface area contributed by atoms with Gasteiger partial charge in [-0.3, -0.25) is 4.72 Å². The maximum Gasteiger partial charge on any atom is 0.301 e. The van der Waals surface area contributed by atoms with Crippen molar-refractivity contribution in [1.82, 2.24) is 9.29 Å². The molecular weight excluding hydrogens is 354 g/mol. The number of anilines is 1. The third-order valence-electron chi connectivity index (χ3n) is 3.41. The first-order valence-electron chi connectivity index (χ1n) is 6.51. The number of aromatic nitrogens is 1. The lowest BCUT2D eigenvalue weighted by Crippen LogP contribution is -2.39. The molecule has 1 aliphatic heterocycles. The fraction of sp³-hybridized carbons (Fsp3) is 0.214. The highest BCUT2D eigenvalue weighted by Crippen LogP contribution is 2.22. The van der Waals surface area contributed by atoms with Gasteiger partial charge >= 0.3 is 10.2 Å². The summed E-state index contributed by atoms with van der Waals surface area (Å²) < 4.78 is 29.5. The number of rotatable bonds is 3. The summed E-state index contributed by atoms with van der Waals surface area (Å²) in [5.41, 5.74) is 2.73. The van der Waals surface area contributed by atoms with Crippen LogP contribution in [0.1, 0.15) is 11.1 Å². The van der Waals surface area contributed by atoms with Gasteiger partial charge in [0.2, 0.25) is 0 Å². The van der Waals surface area contributed by atoms with E-state index in [2.05, 4.69) is 25.6 Å². The molecule has 2 heterocycles. The maximum atomic E-state index is 12.4. The van der Waals surface area contributed by atoms with Gasteiger partial charge in [0.25, 0.3) is 0 Å². The monoisotopic (exact) mass is 367 g/mol. The lowest BCUT2D eigenvalue weighted by atomic mass is 10.0. The maximum absolute atomic E-state index is 12.4. The minimum absolute atomic E-state index is 0.398. The number of benzene rings is 1. The Labute approximate surface area is 132 Å². The number of halogens is 1. The van der Waals surface area contributed by atoms with E-state index in [0.717, 1.165) is 12.0 Å². The Morgan fingerprint density at radius 3 is 2.62 bits per heavy atom. The van der Waals surface area contributed by atoms with Gasteiger partial charge in [0.05, 0.1) is 11.9 Å². The molecule has 0 atom stereocenters. The molecule has 3 rings (SSSR count). The summed E-state index contributed by atoms with van der Waals surface area (Å²) in [6, 6.07) is 11.3. The lowest BCUT2D eigenvalue weighted by molar-refractivity contribution is 0.394. The van der Waals surface area contributed by atoms with Gasteiger partial charge < -0.3 is 0 Å². The normalized spacial score (nSPS) is 15.5. The molecular formula is C14H14BrN3O2S. The zero-order chi connectivity index (χ0) is 14.9. The van der Waals surface area contributed by atoms with E-state index in [9.17, 15) is 8.42 Å². The van der Waals surface area contributed by atoms with Crippen molar-refractivity contribution >= 4 is 31.8 Å². The lowest BCUT2D eigenvalue weighted by Gasteiger charge is -2.28. The van der Waals surface area contributed by atoms with Crippen LogP contribution >= 0.6 is 15.9 Å². The second-order valence-corrected chi connectivity index (χ2v) is 7.31. The molecule has 5 nitrogen and oxygen atoms in total. The number of fused-ring (bicyclic) bond motifs is 1. The molecule has 0 amide bonds. The number of pyridine rings is 1. The van der Waals surface area contributed by atoms with E-state index < -0.39 is 10.2 Å². The molecule has 0 bridgehead atoms. The Hall–Kier alpha value is -1.44. The van der Waals surface area contributed by atoms with E-state index in [-0.39, 0.29) is 0 Å². The van der Waals surface area contributed by atoms with E-state index in [1.54, 1.807) is 12.1 Å². The quantitative estimate of drug-likeness (QED) is 0.847. The second-order valence-electron chi connectivity index (χ2n) is 4.83. The van der Waals surface area contributed by atoms with Gasteiger partial charge in [0, 0.05) is 13.1 Å². The Kier molecular flexibility index (Phi) is 3.97. The first-order chi connectivity index (χ1) is 10.0. The van der Waals surface area contributed by atoms with E-state index in [4.69, 9.17) is 0 Å². The Balaban J connectivity index is 1.78. The average molecular weight is 368 g/mol. The Morgan fingerprint density at radius 2 is 1.90 bits per heavy atom. The summed E-state index contributed by atoms with van der Waals surface area (Å²) >= 11 is 3.22. The van der Waals surface area contributed by atoms with Gasteiger partial charge in [0.15, 0.2) is 0 Å². The van der Waals surface area contributed by atoms with E-state index in [1.807, 2.05) is 24.3 Å². The van der Waals surface area contributed by atoms with Crippen molar-refractivity contribution in [3.8, 4) is 0 Å². The number of nitrogens with one attached hydrogen (secondary N) is 1. The molecule has 0 fully saturated rings. The van der Waals surface area contributed by atoms with Crippen molar-refractivity contribution in [3.63, 3.8) is 0 Å². The van der Waals surface area contributed by atoms with Crippen molar-refractivity contribution in [2.45, 2.75) is 13.0 Å². The van der Waals surface area contributed by atoms with Crippen LogP contribution in [0.25, 0.3) is 0 Å². The minimum atomic E-state index is -3.56. The third kappa shape index (κ3) is 3.25. The molecule has 7 heteroatoms. The van der Waals surface area contributed by atoms with E-state index in [1.165, 1.54) is 16.1 Å². The third-order valence-corrected chi connectivity index (χ3v) is 5.36. The average Bonchev–Trinajstić information content (AvgIpc) is 2.49. The highest BCUT2D eigenvalue weighted by Gasteiger charge is 2.26. The molecule has 1 aromatic heterocycles. The molecule has 2 aromatic rings. The van der Waals surface area contributed by atoms with Gasteiger partial charge in [-0.05, 0) is 45.6 Å². The highest BCUT2D eigenvalue weighted by atomic mass is 79.9. The van der Waals surface area contributed by atoms with Crippen molar-refractivity contribution in [1.29, 1.82) is 0 Å². The van der Waals surface area contributed by atoms with Crippen molar-refractivity contribution in [3.05, 3.63) is 58.3 Å². The fourth-order valence-electron chi connectivity index (χ4n) is 2.32. The summed E-state index contributed by atoms with van der Waals surface area (Å²) in [5.74, 6) is 0. The highest BCUT2D eigenvalue weighted by molar-refractivity contribution is 9.10. The molecule has 21 heavy (non-hydrogen) atoms. The summed E-state index contributed by atoms with van der Waals surface area (Å²) in [5, 5.41) is 0. The standard InChI is InChI=1S/C14H14BrN3O2S/c15-14-6-5-13(9-16-14)17-21(19,20)18-8-7-11-3-1-2-4-12(11)10-18/h1-6,9,17H,7-8,10H2.